The molecular formula is C5H13O2Si. The van der Waals surface area contributed by atoms with Gasteiger partial charge in [0, 0.05) is 6.61 Å². The molecule has 0 bridgehead atoms. The first-order valence-electron chi connectivity index (χ1n) is 2.42. The summed E-state index contributed by atoms with van der Waals surface area (Å²) in [5, 5.41) is 0. The molecule has 3 heteroatoms. The molecule has 49 valence electrons. The molecule has 8 heavy (non-hydrogen) atoms. The maximum atomic E-state index is 4.92. The van der Waals surface area contributed by atoms with E-state index in [2.05, 4.69) is 6.92 Å². The van der Waals surface area contributed by atoms with E-state index in [1.54, 1.807) is 0 Å². The van der Waals surface area contributed by atoms with E-state index in [0.29, 0.717) is 12.7 Å². The first-order chi connectivity index (χ1) is 3.43. The molecule has 0 saturated carbocycles. The molecule has 0 aromatic carbocycles. The quantitative estimate of drug-likeness (QED) is 0.356. The lowest BCUT2D eigenvalue weighted by atomic mass is 10.5. The number of epoxide rings is 1. The SMILES string of the molecule is [CH2]COCC1CO1.[SiH4]. The molecule has 1 heterocycles. The minimum atomic E-state index is 0. The fourth-order valence-electron chi connectivity index (χ4n) is 0.379. The zero-order valence-electron chi connectivity index (χ0n) is 4.22. The van der Waals surface area contributed by atoms with Crippen molar-refractivity contribution in [3.8, 4) is 0 Å². The Bertz CT molecular complexity index is 54.4. The topological polar surface area (TPSA) is 21.8 Å². The number of ether oxygens (including phenoxy) is 2. The van der Waals surface area contributed by atoms with Gasteiger partial charge in [0.25, 0.3) is 0 Å². The Balaban J connectivity index is 0.000000490. The van der Waals surface area contributed by atoms with Crippen molar-refractivity contribution in [3.63, 3.8) is 0 Å². The van der Waals surface area contributed by atoms with Crippen LogP contribution < -0.4 is 0 Å². The number of rotatable bonds is 3. The fraction of sp³-hybridized carbons (Fsp3) is 0.800. The van der Waals surface area contributed by atoms with Crippen molar-refractivity contribution >= 4 is 11.0 Å². The fourth-order valence-corrected chi connectivity index (χ4v) is 0.379. The molecule has 1 fully saturated rings. The van der Waals surface area contributed by atoms with Gasteiger partial charge in [0.15, 0.2) is 0 Å². The van der Waals surface area contributed by atoms with Crippen LogP contribution >= 0.6 is 0 Å². The molecule has 0 spiro atoms. The predicted octanol–water partition coefficient (Wildman–Crippen LogP) is -1.22. The van der Waals surface area contributed by atoms with Crippen molar-refractivity contribution in [1.29, 1.82) is 0 Å². The van der Waals surface area contributed by atoms with E-state index in [0.717, 1.165) is 13.2 Å². The summed E-state index contributed by atoms with van der Waals surface area (Å²) in [6.45, 7) is 5.66. The van der Waals surface area contributed by atoms with E-state index in [1.807, 2.05) is 0 Å². The van der Waals surface area contributed by atoms with Gasteiger partial charge in [-0.25, -0.2) is 0 Å². The highest BCUT2D eigenvalue weighted by Gasteiger charge is 2.21. The normalized spacial score (nSPS) is 24.4. The smallest absolute Gasteiger partial charge is 0.104 e. The lowest BCUT2D eigenvalue weighted by Crippen LogP contribution is -1.99. The third kappa shape index (κ3) is 3.18. The minimum absolute atomic E-state index is 0. The van der Waals surface area contributed by atoms with Crippen LogP contribution in [0.1, 0.15) is 0 Å². The van der Waals surface area contributed by atoms with Crippen molar-refractivity contribution in [3.05, 3.63) is 6.92 Å². The lowest BCUT2D eigenvalue weighted by molar-refractivity contribution is 0.139. The average Bonchev–Trinajstić information content (AvgIpc) is 2.42. The lowest BCUT2D eigenvalue weighted by Gasteiger charge is -1.91. The van der Waals surface area contributed by atoms with Gasteiger partial charge in [-0.05, 0) is 17.9 Å². The van der Waals surface area contributed by atoms with Crippen LogP contribution in [-0.4, -0.2) is 36.9 Å². The molecule has 0 aromatic rings. The summed E-state index contributed by atoms with van der Waals surface area (Å²) in [6, 6.07) is 0. The summed E-state index contributed by atoms with van der Waals surface area (Å²) in [5.74, 6) is 0. The molecule has 2 nitrogen and oxygen atoms in total. The van der Waals surface area contributed by atoms with Crippen LogP contribution in [0, 0.1) is 6.92 Å². The van der Waals surface area contributed by atoms with Crippen molar-refractivity contribution in [2.24, 2.45) is 0 Å². The van der Waals surface area contributed by atoms with Crippen LogP contribution in [0.2, 0.25) is 0 Å². The third-order valence-electron chi connectivity index (χ3n) is 0.850. The van der Waals surface area contributed by atoms with Crippen LogP contribution in [-0.2, 0) is 9.47 Å². The second-order valence-electron chi connectivity index (χ2n) is 1.53. The zero-order valence-corrected chi connectivity index (χ0v) is 4.22. The molecule has 1 atom stereocenters. The average molecular weight is 133 g/mol. The van der Waals surface area contributed by atoms with Crippen LogP contribution in [0.4, 0.5) is 0 Å². The van der Waals surface area contributed by atoms with Gasteiger partial charge in [0.1, 0.15) is 6.10 Å². The summed E-state index contributed by atoms with van der Waals surface area (Å²) >= 11 is 0. The van der Waals surface area contributed by atoms with E-state index >= 15 is 0 Å². The van der Waals surface area contributed by atoms with Crippen LogP contribution in [0.3, 0.4) is 0 Å². The first-order valence-corrected chi connectivity index (χ1v) is 2.42. The molecular weight excluding hydrogens is 120 g/mol. The highest BCUT2D eigenvalue weighted by molar-refractivity contribution is 5.75. The van der Waals surface area contributed by atoms with E-state index in [4.69, 9.17) is 9.47 Å². The molecule has 0 N–H and O–H groups in total. The number of hydrogen-bond acceptors (Lipinski definition) is 2. The Hall–Kier alpha value is 0.137. The minimum Gasteiger partial charge on any atom is -0.379 e. The highest BCUT2D eigenvalue weighted by atomic mass is 28.1. The first kappa shape index (κ1) is 8.14. The third-order valence-corrected chi connectivity index (χ3v) is 0.850. The Kier molecular flexibility index (Phi) is 4.13. The van der Waals surface area contributed by atoms with Crippen molar-refractivity contribution < 1.29 is 9.47 Å². The molecule has 0 aliphatic carbocycles. The van der Waals surface area contributed by atoms with Gasteiger partial charge in [-0.2, -0.15) is 0 Å². The second kappa shape index (κ2) is 4.06. The zero-order chi connectivity index (χ0) is 5.11. The van der Waals surface area contributed by atoms with Gasteiger partial charge >= 0.3 is 0 Å². The standard InChI is InChI=1S/C5H9O2.H4Si/c1-2-6-3-5-4-7-5;/h5H,1-4H2;1H4. The molecule has 1 saturated heterocycles. The Labute approximate surface area is 54.2 Å². The van der Waals surface area contributed by atoms with Gasteiger partial charge < -0.3 is 9.47 Å². The van der Waals surface area contributed by atoms with Crippen LogP contribution in [0.25, 0.3) is 0 Å². The molecule has 0 aromatic heterocycles. The molecule has 1 rings (SSSR count). The summed E-state index contributed by atoms with van der Waals surface area (Å²) in [7, 11) is 0. The summed E-state index contributed by atoms with van der Waals surface area (Å²) in [5.41, 5.74) is 0. The molecule has 1 aliphatic rings. The Morgan fingerprint density at radius 2 is 2.38 bits per heavy atom. The van der Waals surface area contributed by atoms with E-state index in [9.17, 15) is 0 Å². The summed E-state index contributed by atoms with van der Waals surface area (Å²) in [4.78, 5) is 0. The van der Waals surface area contributed by atoms with E-state index in [-0.39, 0.29) is 11.0 Å². The summed E-state index contributed by atoms with van der Waals surface area (Å²) < 4.78 is 9.78. The maximum absolute atomic E-state index is 4.92. The van der Waals surface area contributed by atoms with Crippen molar-refractivity contribution in [1.82, 2.24) is 0 Å². The maximum Gasteiger partial charge on any atom is 0.104 e. The van der Waals surface area contributed by atoms with Gasteiger partial charge in [-0.3, -0.25) is 0 Å². The molecule has 1 radical (unpaired) electrons. The molecule has 0 amide bonds. The Morgan fingerprint density at radius 3 is 2.75 bits per heavy atom. The predicted molar refractivity (Wildman–Crippen MR) is 37.2 cm³/mol. The van der Waals surface area contributed by atoms with E-state index in [1.165, 1.54) is 0 Å². The number of hydrogen-bond donors (Lipinski definition) is 0. The van der Waals surface area contributed by atoms with Gasteiger partial charge in [0.2, 0.25) is 0 Å². The van der Waals surface area contributed by atoms with Gasteiger partial charge in [-0.1, -0.05) is 0 Å². The molecule has 1 aliphatic heterocycles. The largest absolute Gasteiger partial charge is 0.379 e. The highest BCUT2D eigenvalue weighted by Crippen LogP contribution is 2.07. The van der Waals surface area contributed by atoms with Crippen molar-refractivity contribution in [2.75, 3.05) is 19.8 Å². The van der Waals surface area contributed by atoms with Crippen LogP contribution in [0.5, 0.6) is 0 Å². The monoisotopic (exact) mass is 133 g/mol. The van der Waals surface area contributed by atoms with Crippen LogP contribution in [0.15, 0.2) is 0 Å². The molecule has 1 unspecified atom stereocenters. The van der Waals surface area contributed by atoms with Gasteiger partial charge in [-0.15, -0.1) is 0 Å². The Morgan fingerprint density at radius 1 is 1.75 bits per heavy atom. The van der Waals surface area contributed by atoms with E-state index < -0.39 is 0 Å². The summed E-state index contributed by atoms with van der Waals surface area (Å²) in [6.07, 6.45) is 0.391. The van der Waals surface area contributed by atoms with Gasteiger partial charge in [0.05, 0.1) is 13.2 Å². The van der Waals surface area contributed by atoms with Crippen molar-refractivity contribution in [2.45, 2.75) is 6.10 Å². The second-order valence-corrected chi connectivity index (χ2v) is 1.53.